The molecule has 18 heavy (non-hydrogen) atoms. The molecule has 0 saturated heterocycles. The number of nitrogens with zero attached hydrogens (tertiary/aromatic N) is 1. The van der Waals surface area contributed by atoms with Crippen LogP contribution in [0.25, 0.3) is 0 Å². The third-order valence-electron chi connectivity index (χ3n) is 2.40. The van der Waals surface area contributed by atoms with Gasteiger partial charge in [-0.15, -0.1) is 0 Å². The van der Waals surface area contributed by atoms with Crippen molar-refractivity contribution in [2.24, 2.45) is 0 Å². The number of hydrogen-bond donors (Lipinski definition) is 1. The maximum Gasteiger partial charge on any atom is 0.194 e. The van der Waals surface area contributed by atoms with Crippen molar-refractivity contribution in [1.29, 1.82) is 0 Å². The van der Waals surface area contributed by atoms with E-state index in [1.807, 2.05) is 19.1 Å². The first-order chi connectivity index (χ1) is 8.56. The van der Waals surface area contributed by atoms with E-state index < -0.39 is 17.5 Å². The molecule has 0 amide bonds. The lowest BCUT2D eigenvalue weighted by molar-refractivity contribution is 0.447. The van der Waals surface area contributed by atoms with Crippen molar-refractivity contribution in [1.82, 2.24) is 4.98 Å². The third kappa shape index (κ3) is 2.80. The van der Waals surface area contributed by atoms with Crippen molar-refractivity contribution in [3.05, 3.63) is 59.2 Å². The summed E-state index contributed by atoms with van der Waals surface area (Å²) in [6.07, 6.45) is 0. The van der Waals surface area contributed by atoms with E-state index in [0.29, 0.717) is 6.54 Å². The van der Waals surface area contributed by atoms with Crippen LogP contribution in [0.15, 0.2) is 30.3 Å². The molecule has 0 saturated carbocycles. The summed E-state index contributed by atoms with van der Waals surface area (Å²) < 4.78 is 38.7. The van der Waals surface area contributed by atoms with E-state index in [1.165, 1.54) is 0 Å². The highest BCUT2D eigenvalue weighted by molar-refractivity contribution is 5.44. The fourth-order valence-electron chi connectivity index (χ4n) is 1.55. The van der Waals surface area contributed by atoms with Gasteiger partial charge in [0.25, 0.3) is 0 Å². The molecule has 0 spiro atoms. The quantitative estimate of drug-likeness (QED) is 0.847. The highest BCUT2D eigenvalue weighted by atomic mass is 19.2. The molecule has 0 bridgehead atoms. The number of nitrogens with one attached hydrogen (secondary N) is 1. The summed E-state index contributed by atoms with van der Waals surface area (Å²) in [7, 11) is 0. The molecule has 2 rings (SSSR count). The topological polar surface area (TPSA) is 24.9 Å². The standard InChI is InChI=1S/C13H11F3N2/c1-8-3-2-4-9(18-8)7-17-10-5-11(14)13(16)12(15)6-10/h2-6,17H,7H2,1H3. The van der Waals surface area contributed by atoms with Gasteiger partial charge in [0.1, 0.15) is 0 Å². The maximum absolute atomic E-state index is 13.0. The molecule has 1 aromatic carbocycles. The number of aryl methyl sites for hydroxylation is 1. The van der Waals surface area contributed by atoms with E-state index in [2.05, 4.69) is 10.3 Å². The molecule has 2 aromatic rings. The number of pyridine rings is 1. The summed E-state index contributed by atoms with van der Waals surface area (Å²) in [6.45, 7) is 2.16. The van der Waals surface area contributed by atoms with Crippen LogP contribution in [0.5, 0.6) is 0 Å². The molecule has 1 N–H and O–H groups in total. The molecule has 0 unspecified atom stereocenters. The van der Waals surface area contributed by atoms with Gasteiger partial charge in [-0.05, 0) is 19.1 Å². The Morgan fingerprint density at radius 2 is 1.78 bits per heavy atom. The monoisotopic (exact) mass is 252 g/mol. The number of benzene rings is 1. The van der Waals surface area contributed by atoms with Crippen LogP contribution in [0.1, 0.15) is 11.4 Å². The molecule has 0 atom stereocenters. The first kappa shape index (κ1) is 12.4. The zero-order chi connectivity index (χ0) is 13.1. The van der Waals surface area contributed by atoms with Gasteiger partial charge in [-0.1, -0.05) is 6.07 Å². The summed E-state index contributed by atoms with van der Waals surface area (Å²) in [6, 6.07) is 7.30. The Morgan fingerprint density at radius 3 is 2.39 bits per heavy atom. The number of hydrogen-bond acceptors (Lipinski definition) is 2. The van der Waals surface area contributed by atoms with E-state index in [1.54, 1.807) is 6.07 Å². The largest absolute Gasteiger partial charge is 0.379 e. The Kier molecular flexibility index (Phi) is 3.50. The van der Waals surface area contributed by atoms with Gasteiger partial charge in [0.05, 0.1) is 12.2 Å². The number of anilines is 1. The Morgan fingerprint density at radius 1 is 1.11 bits per heavy atom. The van der Waals surface area contributed by atoms with Crippen LogP contribution in [-0.4, -0.2) is 4.98 Å². The van der Waals surface area contributed by atoms with Gasteiger partial charge >= 0.3 is 0 Å². The van der Waals surface area contributed by atoms with E-state index in [0.717, 1.165) is 23.5 Å². The molecular weight excluding hydrogens is 241 g/mol. The Labute approximate surface area is 102 Å². The predicted molar refractivity (Wildman–Crippen MR) is 62.6 cm³/mol. The van der Waals surface area contributed by atoms with Crippen LogP contribution in [0.2, 0.25) is 0 Å². The Bertz CT molecular complexity index is 547. The van der Waals surface area contributed by atoms with Gasteiger partial charge in [-0.2, -0.15) is 0 Å². The molecular formula is C13H11F3N2. The second-order valence-electron chi connectivity index (χ2n) is 3.88. The van der Waals surface area contributed by atoms with Gasteiger partial charge in [0.2, 0.25) is 0 Å². The lowest BCUT2D eigenvalue weighted by Crippen LogP contribution is -2.04. The normalized spacial score (nSPS) is 10.4. The highest BCUT2D eigenvalue weighted by Crippen LogP contribution is 2.17. The first-order valence-electron chi connectivity index (χ1n) is 5.37. The molecule has 1 heterocycles. The van der Waals surface area contributed by atoms with Crippen molar-refractivity contribution in [3.63, 3.8) is 0 Å². The molecule has 94 valence electrons. The molecule has 0 aliphatic carbocycles. The number of aromatic nitrogens is 1. The number of halogens is 3. The molecule has 2 nitrogen and oxygen atoms in total. The van der Waals surface area contributed by atoms with Crippen molar-refractivity contribution >= 4 is 5.69 Å². The fourth-order valence-corrected chi connectivity index (χ4v) is 1.55. The second-order valence-corrected chi connectivity index (χ2v) is 3.88. The van der Waals surface area contributed by atoms with Gasteiger partial charge in [-0.3, -0.25) is 4.98 Å². The minimum Gasteiger partial charge on any atom is -0.379 e. The smallest absolute Gasteiger partial charge is 0.194 e. The summed E-state index contributed by atoms with van der Waals surface area (Å²) >= 11 is 0. The molecule has 0 aliphatic heterocycles. The molecule has 0 aliphatic rings. The average molecular weight is 252 g/mol. The lowest BCUT2D eigenvalue weighted by atomic mass is 10.2. The van der Waals surface area contributed by atoms with Gasteiger partial charge < -0.3 is 5.32 Å². The average Bonchev–Trinajstić information content (AvgIpc) is 2.33. The molecule has 1 aromatic heterocycles. The Balaban J connectivity index is 2.11. The van der Waals surface area contributed by atoms with Gasteiger partial charge in [0, 0.05) is 23.5 Å². The summed E-state index contributed by atoms with van der Waals surface area (Å²) in [4.78, 5) is 4.23. The summed E-state index contributed by atoms with van der Waals surface area (Å²) in [5, 5.41) is 2.79. The molecule has 0 radical (unpaired) electrons. The van der Waals surface area contributed by atoms with Crippen molar-refractivity contribution in [2.45, 2.75) is 13.5 Å². The van der Waals surface area contributed by atoms with E-state index in [9.17, 15) is 13.2 Å². The van der Waals surface area contributed by atoms with Crippen LogP contribution >= 0.6 is 0 Å². The highest BCUT2D eigenvalue weighted by Gasteiger charge is 2.10. The van der Waals surface area contributed by atoms with Crippen molar-refractivity contribution in [2.75, 3.05) is 5.32 Å². The maximum atomic E-state index is 13.0. The predicted octanol–water partition coefficient (Wildman–Crippen LogP) is 3.42. The zero-order valence-corrected chi connectivity index (χ0v) is 9.67. The van der Waals surface area contributed by atoms with Gasteiger partial charge in [0.15, 0.2) is 17.5 Å². The molecule has 5 heteroatoms. The zero-order valence-electron chi connectivity index (χ0n) is 9.67. The number of rotatable bonds is 3. The van der Waals surface area contributed by atoms with Crippen LogP contribution in [0, 0.1) is 24.4 Å². The summed E-state index contributed by atoms with van der Waals surface area (Å²) in [5.74, 6) is -3.89. The van der Waals surface area contributed by atoms with E-state index >= 15 is 0 Å². The Hall–Kier alpha value is -2.04. The van der Waals surface area contributed by atoms with Crippen LogP contribution in [-0.2, 0) is 6.54 Å². The fraction of sp³-hybridized carbons (Fsp3) is 0.154. The van der Waals surface area contributed by atoms with Crippen LogP contribution in [0.4, 0.5) is 18.9 Å². The van der Waals surface area contributed by atoms with Crippen molar-refractivity contribution < 1.29 is 13.2 Å². The first-order valence-corrected chi connectivity index (χ1v) is 5.37. The lowest BCUT2D eigenvalue weighted by Gasteiger charge is -2.07. The van der Waals surface area contributed by atoms with E-state index in [4.69, 9.17) is 0 Å². The van der Waals surface area contributed by atoms with E-state index in [-0.39, 0.29) is 5.69 Å². The minimum absolute atomic E-state index is 0.176. The SMILES string of the molecule is Cc1cccc(CNc2cc(F)c(F)c(F)c2)n1. The summed E-state index contributed by atoms with van der Waals surface area (Å²) in [5.41, 5.74) is 1.76. The minimum atomic E-state index is -1.46. The molecule has 0 fully saturated rings. The van der Waals surface area contributed by atoms with Crippen molar-refractivity contribution in [3.8, 4) is 0 Å². The second kappa shape index (κ2) is 5.08. The van der Waals surface area contributed by atoms with Crippen LogP contribution < -0.4 is 5.32 Å². The van der Waals surface area contributed by atoms with Crippen LogP contribution in [0.3, 0.4) is 0 Å². The third-order valence-corrected chi connectivity index (χ3v) is 2.40. The van der Waals surface area contributed by atoms with Gasteiger partial charge in [-0.25, -0.2) is 13.2 Å².